The third-order valence-electron chi connectivity index (χ3n) is 3.91. The molecule has 1 fully saturated rings. The molecule has 3 heteroatoms. The minimum atomic E-state index is 0. The number of amides is 1. The lowest BCUT2D eigenvalue weighted by Gasteiger charge is -2.23. The van der Waals surface area contributed by atoms with Crippen LogP contribution in [0.15, 0.2) is 24.3 Å². The molecule has 2 rings (SSSR count). The standard InChI is InChI=1S/C16H23NO2.H2/c1-3-12(2)13-4-6-14(7-5-13)16(18)17-15-8-10-19-11-9-15;/h4-7,12,15H,3,8-11H2,1-2H3,(H,17,18);1H. The van der Waals surface area contributed by atoms with Crippen molar-refractivity contribution in [3.63, 3.8) is 0 Å². The number of hydrogen-bond donors (Lipinski definition) is 1. The van der Waals surface area contributed by atoms with Gasteiger partial charge in [0.1, 0.15) is 0 Å². The van der Waals surface area contributed by atoms with Gasteiger partial charge in [-0.15, -0.1) is 0 Å². The van der Waals surface area contributed by atoms with Crippen LogP contribution in [-0.4, -0.2) is 25.2 Å². The Morgan fingerprint density at radius 2 is 2.00 bits per heavy atom. The molecule has 19 heavy (non-hydrogen) atoms. The molecule has 0 radical (unpaired) electrons. The number of benzene rings is 1. The maximum Gasteiger partial charge on any atom is 0.251 e. The lowest BCUT2D eigenvalue weighted by molar-refractivity contribution is 0.0696. The summed E-state index contributed by atoms with van der Waals surface area (Å²) in [6.45, 7) is 5.88. The lowest BCUT2D eigenvalue weighted by Crippen LogP contribution is -2.38. The summed E-state index contributed by atoms with van der Waals surface area (Å²) < 4.78 is 5.29. The molecule has 1 heterocycles. The van der Waals surface area contributed by atoms with Crippen molar-refractivity contribution in [2.75, 3.05) is 13.2 Å². The van der Waals surface area contributed by atoms with Crippen molar-refractivity contribution < 1.29 is 11.0 Å². The van der Waals surface area contributed by atoms with Gasteiger partial charge in [0.15, 0.2) is 0 Å². The van der Waals surface area contributed by atoms with Gasteiger partial charge in [-0.2, -0.15) is 0 Å². The molecule has 1 saturated heterocycles. The van der Waals surface area contributed by atoms with Gasteiger partial charge in [-0.3, -0.25) is 4.79 Å². The van der Waals surface area contributed by atoms with Crippen LogP contribution in [0.2, 0.25) is 0 Å². The molecule has 1 aliphatic rings. The molecule has 106 valence electrons. The Hall–Kier alpha value is -1.35. The normalized spacial score (nSPS) is 18.0. The van der Waals surface area contributed by atoms with Crippen molar-refractivity contribution in [3.05, 3.63) is 35.4 Å². The van der Waals surface area contributed by atoms with Crippen LogP contribution in [0.25, 0.3) is 0 Å². The topological polar surface area (TPSA) is 38.3 Å². The van der Waals surface area contributed by atoms with E-state index in [1.54, 1.807) is 0 Å². The molecule has 1 aromatic carbocycles. The molecule has 0 spiro atoms. The highest BCUT2D eigenvalue weighted by molar-refractivity contribution is 5.94. The third-order valence-corrected chi connectivity index (χ3v) is 3.91. The fraction of sp³-hybridized carbons (Fsp3) is 0.562. The smallest absolute Gasteiger partial charge is 0.251 e. The maximum atomic E-state index is 12.1. The number of rotatable bonds is 4. The maximum absolute atomic E-state index is 12.1. The fourth-order valence-electron chi connectivity index (χ4n) is 2.31. The van der Waals surface area contributed by atoms with Crippen LogP contribution in [-0.2, 0) is 4.74 Å². The van der Waals surface area contributed by atoms with E-state index >= 15 is 0 Å². The van der Waals surface area contributed by atoms with E-state index in [0.717, 1.165) is 38.0 Å². The minimum Gasteiger partial charge on any atom is -0.381 e. The first-order chi connectivity index (χ1) is 9.20. The van der Waals surface area contributed by atoms with Crippen LogP contribution in [0.1, 0.15) is 56.4 Å². The first kappa shape index (κ1) is 14.1. The van der Waals surface area contributed by atoms with Crippen LogP contribution in [0.3, 0.4) is 0 Å². The van der Waals surface area contributed by atoms with E-state index in [0.29, 0.717) is 5.92 Å². The summed E-state index contributed by atoms with van der Waals surface area (Å²) in [6, 6.07) is 8.24. The Bertz CT molecular complexity index is 413. The summed E-state index contributed by atoms with van der Waals surface area (Å²) in [5, 5.41) is 3.08. The highest BCUT2D eigenvalue weighted by atomic mass is 16.5. The Morgan fingerprint density at radius 1 is 1.37 bits per heavy atom. The summed E-state index contributed by atoms with van der Waals surface area (Å²) in [7, 11) is 0. The highest BCUT2D eigenvalue weighted by Gasteiger charge is 2.17. The number of carbonyl (C=O) groups is 1. The zero-order valence-electron chi connectivity index (χ0n) is 11.8. The van der Waals surface area contributed by atoms with Gasteiger partial charge in [0.05, 0.1) is 0 Å². The van der Waals surface area contributed by atoms with Crippen LogP contribution < -0.4 is 5.32 Å². The van der Waals surface area contributed by atoms with E-state index in [2.05, 4.69) is 31.3 Å². The second-order valence-electron chi connectivity index (χ2n) is 5.29. The average Bonchev–Trinajstić information content (AvgIpc) is 2.47. The quantitative estimate of drug-likeness (QED) is 0.904. The molecule has 1 atom stereocenters. The van der Waals surface area contributed by atoms with Gasteiger partial charge in [0.2, 0.25) is 0 Å². The van der Waals surface area contributed by atoms with Gasteiger partial charge in [0.25, 0.3) is 5.91 Å². The number of ether oxygens (including phenoxy) is 1. The number of hydrogen-bond acceptors (Lipinski definition) is 2. The molecule has 0 aromatic heterocycles. The van der Waals surface area contributed by atoms with Crippen molar-refractivity contribution >= 4 is 5.91 Å². The van der Waals surface area contributed by atoms with Gasteiger partial charge in [-0.25, -0.2) is 0 Å². The molecule has 1 unspecified atom stereocenters. The van der Waals surface area contributed by atoms with Crippen LogP contribution >= 0.6 is 0 Å². The van der Waals surface area contributed by atoms with Crippen molar-refractivity contribution in [3.8, 4) is 0 Å². The molecule has 0 aliphatic carbocycles. The largest absolute Gasteiger partial charge is 0.381 e. The highest BCUT2D eigenvalue weighted by Crippen LogP contribution is 2.19. The molecule has 1 aliphatic heterocycles. The van der Waals surface area contributed by atoms with Gasteiger partial charge < -0.3 is 10.1 Å². The Morgan fingerprint density at radius 3 is 2.58 bits per heavy atom. The van der Waals surface area contributed by atoms with E-state index < -0.39 is 0 Å². The lowest BCUT2D eigenvalue weighted by atomic mass is 9.97. The Kier molecular flexibility index (Phi) is 4.97. The summed E-state index contributed by atoms with van der Waals surface area (Å²) in [5.41, 5.74) is 2.05. The average molecular weight is 263 g/mol. The van der Waals surface area contributed by atoms with Crippen LogP contribution in [0.5, 0.6) is 0 Å². The summed E-state index contributed by atoms with van der Waals surface area (Å²) in [4.78, 5) is 12.1. The molecule has 0 saturated carbocycles. The van der Waals surface area contributed by atoms with E-state index in [4.69, 9.17) is 4.74 Å². The zero-order valence-corrected chi connectivity index (χ0v) is 11.8. The number of nitrogens with one attached hydrogen (secondary N) is 1. The first-order valence-corrected chi connectivity index (χ1v) is 7.19. The fourth-order valence-corrected chi connectivity index (χ4v) is 2.31. The predicted molar refractivity (Wildman–Crippen MR) is 78.6 cm³/mol. The number of carbonyl (C=O) groups excluding carboxylic acids is 1. The molecular formula is C16H25NO2. The van der Waals surface area contributed by atoms with Gasteiger partial charge in [-0.1, -0.05) is 26.0 Å². The molecule has 3 nitrogen and oxygen atoms in total. The van der Waals surface area contributed by atoms with Crippen molar-refractivity contribution in [1.82, 2.24) is 5.32 Å². The van der Waals surface area contributed by atoms with E-state index in [-0.39, 0.29) is 13.4 Å². The van der Waals surface area contributed by atoms with E-state index in [1.807, 2.05) is 12.1 Å². The van der Waals surface area contributed by atoms with Gasteiger partial charge in [-0.05, 0) is 42.9 Å². The molecule has 1 aromatic rings. The summed E-state index contributed by atoms with van der Waals surface area (Å²) >= 11 is 0. The van der Waals surface area contributed by atoms with Gasteiger partial charge in [0, 0.05) is 26.2 Å². The van der Waals surface area contributed by atoms with Crippen LogP contribution in [0, 0.1) is 0 Å². The Balaban J connectivity index is 0.00000200. The second-order valence-corrected chi connectivity index (χ2v) is 5.29. The summed E-state index contributed by atoms with van der Waals surface area (Å²) in [6.07, 6.45) is 2.95. The minimum absolute atomic E-state index is 0. The molecular weight excluding hydrogens is 238 g/mol. The molecule has 1 amide bonds. The first-order valence-electron chi connectivity index (χ1n) is 7.19. The molecule has 1 N–H and O–H groups in total. The SMILES string of the molecule is CCC(C)c1ccc(C(=O)NC2CCOCC2)cc1.[HH]. The van der Waals surface area contributed by atoms with Crippen molar-refractivity contribution in [2.45, 2.75) is 45.1 Å². The van der Waals surface area contributed by atoms with E-state index in [1.165, 1.54) is 5.56 Å². The predicted octanol–water partition coefficient (Wildman–Crippen LogP) is 3.35. The van der Waals surface area contributed by atoms with E-state index in [9.17, 15) is 4.79 Å². The van der Waals surface area contributed by atoms with Crippen molar-refractivity contribution in [1.29, 1.82) is 0 Å². The van der Waals surface area contributed by atoms with Crippen molar-refractivity contribution in [2.24, 2.45) is 0 Å². The van der Waals surface area contributed by atoms with Crippen LogP contribution in [0.4, 0.5) is 0 Å². The molecule has 0 bridgehead atoms. The second kappa shape index (κ2) is 6.71. The van der Waals surface area contributed by atoms with Gasteiger partial charge >= 0.3 is 0 Å². The Labute approximate surface area is 116 Å². The third kappa shape index (κ3) is 3.80. The monoisotopic (exact) mass is 263 g/mol. The summed E-state index contributed by atoms with van der Waals surface area (Å²) in [5.74, 6) is 0.579. The zero-order chi connectivity index (χ0) is 13.7.